The summed E-state index contributed by atoms with van der Waals surface area (Å²) in [4.78, 5) is -0.544. The molecule has 0 atom stereocenters. The SMILES string of the molecule is Cn1nc(C(C)(C)C)c(N=Nc2cc(C(C)(C)C)on2)c1[N-]S(=O)(=O)c1cc(Cl)cc(Cl)c1O.[Co]. The molecule has 0 saturated heterocycles. The first-order chi connectivity index (χ1) is 15.5. The van der Waals surface area contributed by atoms with Crippen LogP contribution in [0, 0.1) is 0 Å². The maximum absolute atomic E-state index is 13.1. The maximum atomic E-state index is 13.1. The zero-order chi connectivity index (χ0) is 25.6. The molecule has 0 amide bonds. The van der Waals surface area contributed by atoms with Gasteiger partial charge in [-0.25, -0.2) is 8.42 Å². The summed E-state index contributed by atoms with van der Waals surface area (Å²) in [6, 6.07) is 3.94. The van der Waals surface area contributed by atoms with Gasteiger partial charge in [0.15, 0.2) is 5.75 Å². The molecule has 0 bridgehead atoms. The van der Waals surface area contributed by atoms with Crippen molar-refractivity contribution in [2.45, 2.75) is 57.3 Å². The molecule has 0 spiro atoms. The van der Waals surface area contributed by atoms with E-state index in [9.17, 15) is 13.5 Å². The topological polar surface area (TPSA) is 137 Å². The minimum absolute atomic E-state index is 0. The van der Waals surface area contributed by atoms with Crippen LogP contribution in [-0.2, 0) is 44.7 Å². The molecule has 1 N–H and O–H groups in total. The van der Waals surface area contributed by atoms with E-state index in [4.69, 9.17) is 27.7 Å². The summed E-state index contributed by atoms with van der Waals surface area (Å²) >= 11 is 11.8. The van der Waals surface area contributed by atoms with Gasteiger partial charge in [0.2, 0.25) is 15.8 Å². The number of halogens is 2. The van der Waals surface area contributed by atoms with Gasteiger partial charge in [-0.15, -0.1) is 10.2 Å². The van der Waals surface area contributed by atoms with E-state index < -0.39 is 26.1 Å². The van der Waals surface area contributed by atoms with Gasteiger partial charge in [0, 0.05) is 38.7 Å². The van der Waals surface area contributed by atoms with Crippen molar-refractivity contribution in [2.75, 3.05) is 0 Å². The summed E-state index contributed by atoms with van der Waals surface area (Å²) in [5.41, 5.74) is -0.210. The monoisotopic (exact) mass is 586 g/mol. The molecule has 2 aromatic heterocycles. The minimum atomic E-state index is -4.45. The largest absolute Gasteiger partial charge is 0.505 e. The average Bonchev–Trinajstić information content (AvgIpc) is 3.28. The van der Waals surface area contributed by atoms with Crippen molar-refractivity contribution in [3.05, 3.63) is 44.4 Å². The molecule has 2 heterocycles. The number of phenols is 1. The molecule has 0 unspecified atom stereocenters. The van der Waals surface area contributed by atoms with Crippen LogP contribution in [-0.4, -0.2) is 28.5 Å². The maximum Gasteiger partial charge on any atom is 0.217 e. The zero-order valence-electron chi connectivity index (χ0n) is 20.1. The molecule has 1 aromatic carbocycles. The Balaban J connectivity index is 0.00000432. The van der Waals surface area contributed by atoms with Crippen LogP contribution < -0.4 is 0 Å². The van der Waals surface area contributed by atoms with Crippen LogP contribution in [0.15, 0.2) is 37.8 Å². The number of phenolic OH excluding ortho intramolecular Hbond substituents is 1. The molecule has 0 fully saturated rings. The van der Waals surface area contributed by atoms with Gasteiger partial charge in [-0.3, -0.25) is 5.10 Å². The summed E-state index contributed by atoms with van der Waals surface area (Å²) < 4.78 is 36.7. The summed E-state index contributed by atoms with van der Waals surface area (Å²) in [6.07, 6.45) is 0. The number of benzene rings is 1. The quantitative estimate of drug-likeness (QED) is 0.325. The summed E-state index contributed by atoms with van der Waals surface area (Å²) in [6.45, 7) is 11.6. The van der Waals surface area contributed by atoms with Gasteiger partial charge in [-0.05, 0) is 25.0 Å². The van der Waals surface area contributed by atoms with Gasteiger partial charge >= 0.3 is 0 Å². The Hall–Kier alpha value is -2.12. The normalized spacial score (nSPS) is 12.7. The molecule has 0 saturated carbocycles. The van der Waals surface area contributed by atoms with E-state index >= 15 is 0 Å². The van der Waals surface area contributed by atoms with Crippen LogP contribution in [0.4, 0.5) is 17.3 Å². The van der Waals surface area contributed by atoms with E-state index in [1.54, 1.807) is 6.07 Å². The van der Waals surface area contributed by atoms with Crippen molar-refractivity contribution in [3.8, 4) is 5.75 Å². The van der Waals surface area contributed by atoms with E-state index in [-0.39, 0.29) is 49.6 Å². The number of nitrogens with zero attached hydrogens (tertiary/aromatic N) is 6. The first kappa shape index (κ1) is 29.1. The number of hydrogen-bond acceptors (Lipinski definition) is 8. The minimum Gasteiger partial charge on any atom is -0.505 e. The Morgan fingerprint density at radius 1 is 1.06 bits per heavy atom. The smallest absolute Gasteiger partial charge is 0.217 e. The molecule has 35 heavy (non-hydrogen) atoms. The second kappa shape index (κ2) is 10.1. The third kappa shape index (κ3) is 6.36. The number of sulfonamides is 1. The van der Waals surface area contributed by atoms with Gasteiger partial charge in [0.25, 0.3) is 0 Å². The van der Waals surface area contributed by atoms with Crippen molar-refractivity contribution in [2.24, 2.45) is 17.3 Å². The van der Waals surface area contributed by atoms with E-state index in [1.807, 2.05) is 41.5 Å². The first-order valence-corrected chi connectivity index (χ1v) is 12.3. The van der Waals surface area contributed by atoms with Gasteiger partial charge in [0.05, 0.1) is 10.7 Å². The second-order valence-corrected chi connectivity index (χ2v) is 12.1. The van der Waals surface area contributed by atoms with Crippen molar-refractivity contribution < 1.29 is 34.8 Å². The van der Waals surface area contributed by atoms with Gasteiger partial charge < -0.3 is 19.0 Å². The van der Waals surface area contributed by atoms with Crippen molar-refractivity contribution in [1.29, 1.82) is 0 Å². The van der Waals surface area contributed by atoms with Crippen LogP contribution in [0.1, 0.15) is 53.0 Å². The number of rotatable bonds is 5. The number of azo groups is 1. The van der Waals surface area contributed by atoms with Crippen LogP contribution in [0.2, 0.25) is 10.0 Å². The van der Waals surface area contributed by atoms with E-state index in [0.717, 1.165) is 6.07 Å². The Labute approximate surface area is 224 Å². The van der Waals surface area contributed by atoms with Crippen molar-refractivity contribution >= 4 is 50.5 Å². The van der Waals surface area contributed by atoms with E-state index in [2.05, 4.69) is 25.2 Å². The van der Waals surface area contributed by atoms with Crippen LogP contribution >= 0.6 is 23.2 Å². The number of aromatic nitrogens is 3. The molecule has 1 radical (unpaired) electrons. The van der Waals surface area contributed by atoms with Gasteiger partial charge in [0.1, 0.15) is 16.3 Å². The Bertz CT molecular complexity index is 1370. The summed E-state index contributed by atoms with van der Waals surface area (Å²) in [7, 11) is -2.93. The molecule has 0 aliphatic carbocycles. The van der Waals surface area contributed by atoms with Gasteiger partial charge in [-0.1, -0.05) is 69.9 Å². The number of hydrogen-bond donors (Lipinski definition) is 1. The van der Waals surface area contributed by atoms with E-state index in [0.29, 0.717) is 11.5 Å². The summed E-state index contributed by atoms with van der Waals surface area (Å²) in [5.74, 6) is 0.0726. The fourth-order valence-electron chi connectivity index (χ4n) is 2.87. The molecule has 193 valence electrons. The zero-order valence-corrected chi connectivity index (χ0v) is 23.5. The van der Waals surface area contributed by atoms with Crippen LogP contribution in [0.3, 0.4) is 0 Å². The molecule has 3 aromatic rings. The number of aryl methyl sites for hydroxylation is 1. The van der Waals surface area contributed by atoms with Gasteiger partial charge in [-0.2, -0.15) is 0 Å². The van der Waals surface area contributed by atoms with Crippen LogP contribution in [0.25, 0.3) is 4.72 Å². The Morgan fingerprint density at radius 2 is 1.69 bits per heavy atom. The molecule has 0 aliphatic heterocycles. The molecule has 3 rings (SSSR count). The molecular weight excluding hydrogens is 562 g/mol. The molecule has 14 heteroatoms. The third-order valence-corrected chi connectivity index (χ3v) is 6.46. The average molecular weight is 587 g/mol. The standard InChI is InChI=1S/C21H25Cl2N6O4S.Co/c1-20(2,3)14-10-15(27-33-14)24-25-16-18(21(4,5)6)26-29(7)19(16)28-34(31,32)13-9-11(22)8-12(23)17(13)30;/h8-10H,1-7H3,(H-,24,26,27,28,30);/q-1;. The fourth-order valence-corrected chi connectivity index (χ4v) is 4.65. The fraction of sp³-hybridized carbons (Fsp3) is 0.429. The Morgan fingerprint density at radius 3 is 2.23 bits per heavy atom. The van der Waals surface area contributed by atoms with Crippen molar-refractivity contribution in [3.63, 3.8) is 0 Å². The van der Waals surface area contributed by atoms with Crippen molar-refractivity contribution in [1.82, 2.24) is 14.9 Å². The van der Waals surface area contributed by atoms with Crippen LogP contribution in [0.5, 0.6) is 5.75 Å². The number of aromatic hydroxyl groups is 1. The Kier molecular flexibility index (Phi) is 8.39. The molecule has 10 nitrogen and oxygen atoms in total. The molecular formula is C21H25Cl2CoN6O4S-. The molecule has 0 aliphatic rings. The predicted octanol–water partition coefficient (Wildman–Crippen LogP) is 6.82. The third-order valence-electron chi connectivity index (χ3n) is 4.67. The van der Waals surface area contributed by atoms with E-state index in [1.165, 1.54) is 17.8 Å². The second-order valence-electron chi connectivity index (χ2n) is 9.69. The predicted molar refractivity (Wildman–Crippen MR) is 130 cm³/mol. The summed E-state index contributed by atoms with van der Waals surface area (Å²) in [5, 5.41) is 26.7. The first-order valence-electron chi connectivity index (χ1n) is 10.1.